The smallest absolute Gasteiger partial charge is 0.343 e. The molecule has 0 saturated carbocycles. The van der Waals surface area contributed by atoms with Crippen molar-refractivity contribution in [3.63, 3.8) is 0 Å². The van der Waals surface area contributed by atoms with Crippen LogP contribution < -0.4 is 10.2 Å². The number of carbonyl (C=O) groups is 2. The Morgan fingerprint density at radius 3 is 2.14 bits per heavy atom. The fourth-order valence-electron chi connectivity index (χ4n) is 2.21. The van der Waals surface area contributed by atoms with Crippen LogP contribution in [0.15, 0.2) is 77.9 Å². The Morgan fingerprint density at radius 2 is 1.50 bits per heavy atom. The molecule has 0 saturated heterocycles. The second kappa shape index (κ2) is 8.92. The number of hydrogen-bond donors (Lipinski definition) is 1. The van der Waals surface area contributed by atoms with Gasteiger partial charge in [-0.15, -0.1) is 0 Å². The van der Waals surface area contributed by atoms with E-state index in [1.165, 1.54) is 30.5 Å². The summed E-state index contributed by atoms with van der Waals surface area (Å²) in [6.07, 6.45) is 1.44. The summed E-state index contributed by atoms with van der Waals surface area (Å²) < 4.78 is 18.1. The fourth-order valence-corrected chi connectivity index (χ4v) is 2.33. The number of nitrogens with one attached hydrogen (secondary N) is 1. The highest BCUT2D eigenvalue weighted by molar-refractivity contribution is 6.30. The van der Waals surface area contributed by atoms with Crippen molar-refractivity contribution in [1.82, 2.24) is 5.43 Å². The molecule has 7 heteroatoms. The van der Waals surface area contributed by atoms with Gasteiger partial charge in [0, 0.05) is 10.6 Å². The molecule has 0 heterocycles. The van der Waals surface area contributed by atoms with E-state index in [1.54, 1.807) is 48.5 Å². The fraction of sp³-hybridized carbons (Fsp3) is 0. The van der Waals surface area contributed by atoms with E-state index in [0.29, 0.717) is 27.5 Å². The molecule has 0 aliphatic heterocycles. The van der Waals surface area contributed by atoms with E-state index in [0.717, 1.165) is 0 Å². The molecule has 1 N–H and O–H groups in total. The maximum absolute atomic E-state index is 12.8. The zero-order valence-electron chi connectivity index (χ0n) is 14.4. The lowest BCUT2D eigenvalue weighted by molar-refractivity contribution is 0.0734. The Bertz CT molecular complexity index is 1000. The SMILES string of the molecule is O=C(N/N=C\c1ccc(OC(=O)c2ccc(Cl)cc2)cc1)c1ccc(F)cc1. The van der Waals surface area contributed by atoms with Crippen molar-refractivity contribution in [1.29, 1.82) is 0 Å². The normalized spacial score (nSPS) is 10.6. The number of amides is 1. The Labute approximate surface area is 165 Å². The minimum Gasteiger partial charge on any atom is -0.423 e. The van der Waals surface area contributed by atoms with Gasteiger partial charge in [0.2, 0.25) is 0 Å². The summed E-state index contributed by atoms with van der Waals surface area (Å²) in [6.45, 7) is 0. The van der Waals surface area contributed by atoms with Crippen LogP contribution in [0, 0.1) is 5.82 Å². The first-order valence-electron chi connectivity index (χ1n) is 8.18. The molecule has 1 amide bonds. The molecular formula is C21H14ClFN2O3. The standard InChI is InChI=1S/C21H14ClFN2O3/c22-17-7-3-16(4-8-17)21(27)28-19-11-1-14(2-12-19)13-24-25-20(26)15-5-9-18(23)10-6-15/h1-13H,(H,25,26)/b24-13-. The van der Waals surface area contributed by atoms with Crippen molar-refractivity contribution >= 4 is 29.7 Å². The first-order chi connectivity index (χ1) is 13.5. The molecule has 0 aliphatic carbocycles. The third-order valence-electron chi connectivity index (χ3n) is 3.66. The number of halogens is 2. The molecule has 0 atom stereocenters. The first-order valence-corrected chi connectivity index (χ1v) is 8.56. The van der Waals surface area contributed by atoms with Gasteiger partial charge in [0.25, 0.3) is 5.91 Å². The molecule has 0 spiro atoms. The number of carbonyl (C=O) groups excluding carboxylic acids is 2. The van der Waals surface area contributed by atoms with Crippen molar-refractivity contribution < 1.29 is 18.7 Å². The predicted octanol–water partition coefficient (Wildman–Crippen LogP) is 4.46. The molecule has 3 aromatic rings. The molecule has 140 valence electrons. The van der Waals surface area contributed by atoms with Crippen molar-refractivity contribution in [3.8, 4) is 5.75 Å². The Balaban J connectivity index is 1.55. The van der Waals surface area contributed by atoms with Crippen LogP contribution in [-0.2, 0) is 0 Å². The third kappa shape index (κ3) is 5.25. The lowest BCUT2D eigenvalue weighted by Gasteiger charge is -2.04. The highest BCUT2D eigenvalue weighted by atomic mass is 35.5. The summed E-state index contributed by atoms with van der Waals surface area (Å²) in [5, 5.41) is 4.38. The second-order valence-electron chi connectivity index (χ2n) is 5.67. The van der Waals surface area contributed by atoms with Crippen LogP contribution in [0.4, 0.5) is 4.39 Å². The van der Waals surface area contributed by atoms with Gasteiger partial charge in [0.05, 0.1) is 11.8 Å². The number of hydrazone groups is 1. The summed E-state index contributed by atoms with van der Waals surface area (Å²) >= 11 is 5.79. The highest BCUT2D eigenvalue weighted by Gasteiger charge is 2.08. The van der Waals surface area contributed by atoms with Crippen LogP contribution in [0.1, 0.15) is 26.3 Å². The van der Waals surface area contributed by atoms with Gasteiger partial charge in [0.15, 0.2) is 0 Å². The van der Waals surface area contributed by atoms with E-state index in [9.17, 15) is 14.0 Å². The van der Waals surface area contributed by atoms with Crippen molar-refractivity contribution in [2.75, 3.05) is 0 Å². The average Bonchev–Trinajstić information content (AvgIpc) is 2.70. The molecule has 5 nitrogen and oxygen atoms in total. The molecule has 3 aromatic carbocycles. The van der Waals surface area contributed by atoms with Gasteiger partial charge in [-0.3, -0.25) is 4.79 Å². The van der Waals surface area contributed by atoms with Gasteiger partial charge >= 0.3 is 5.97 Å². The summed E-state index contributed by atoms with van der Waals surface area (Å²) in [7, 11) is 0. The van der Waals surface area contributed by atoms with Crippen molar-refractivity contribution in [2.24, 2.45) is 5.10 Å². The highest BCUT2D eigenvalue weighted by Crippen LogP contribution is 2.15. The Hall–Kier alpha value is -3.51. The number of benzene rings is 3. The van der Waals surface area contributed by atoms with E-state index >= 15 is 0 Å². The van der Waals surface area contributed by atoms with E-state index in [2.05, 4.69) is 10.5 Å². The summed E-state index contributed by atoms with van der Waals surface area (Å²) in [4.78, 5) is 23.9. The largest absolute Gasteiger partial charge is 0.423 e. The third-order valence-corrected chi connectivity index (χ3v) is 3.91. The summed E-state index contributed by atoms with van der Waals surface area (Å²) in [5.41, 5.74) is 3.72. The van der Waals surface area contributed by atoms with Crippen LogP contribution in [0.25, 0.3) is 0 Å². The lowest BCUT2D eigenvalue weighted by Crippen LogP contribution is -2.17. The number of nitrogens with zero attached hydrogens (tertiary/aromatic N) is 1. The Morgan fingerprint density at radius 1 is 0.893 bits per heavy atom. The van der Waals surface area contributed by atoms with Crippen LogP contribution >= 0.6 is 11.6 Å². The molecule has 0 bridgehead atoms. The monoisotopic (exact) mass is 396 g/mol. The number of hydrogen-bond acceptors (Lipinski definition) is 4. The first kappa shape index (κ1) is 19.3. The molecule has 0 unspecified atom stereocenters. The molecule has 3 rings (SSSR count). The van der Waals surface area contributed by atoms with Crippen molar-refractivity contribution in [2.45, 2.75) is 0 Å². The average molecular weight is 397 g/mol. The molecular weight excluding hydrogens is 383 g/mol. The second-order valence-corrected chi connectivity index (χ2v) is 6.11. The van der Waals surface area contributed by atoms with E-state index < -0.39 is 17.7 Å². The van der Waals surface area contributed by atoms with E-state index in [-0.39, 0.29) is 0 Å². The van der Waals surface area contributed by atoms with Gasteiger partial charge in [0.1, 0.15) is 11.6 Å². The maximum atomic E-state index is 12.8. The van der Waals surface area contributed by atoms with E-state index in [4.69, 9.17) is 16.3 Å². The van der Waals surface area contributed by atoms with E-state index in [1.807, 2.05) is 0 Å². The van der Waals surface area contributed by atoms with Crippen LogP contribution in [-0.4, -0.2) is 18.1 Å². The van der Waals surface area contributed by atoms with Gasteiger partial charge in [-0.25, -0.2) is 14.6 Å². The lowest BCUT2D eigenvalue weighted by atomic mass is 10.2. The predicted molar refractivity (Wildman–Crippen MR) is 104 cm³/mol. The van der Waals surface area contributed by atoms with Crippen LogP contribution in [0.3, 0.4) is 0 Å². The zero-order valence-corrected chi connectivity index (χ0v) is 15.2. The number of esters is 1. The van der Waals surface area contributed by atoms with Gasteiger partial charge < -0.3 is 4.74 Å². The molecule has 0 radical (unpaired) electrons. The summed E-state index contributed by atoms with van der Waals surface area (Å²) in [6, 6.07) is 18.1. The van der Waals surface area contributed by atoms with Gasteiger partial charge in [-0.1, -0.05) is 11.6 Å². The topological polar surface area (TPSA) is 67.8 Å². The molecule has 0 fully saturated rings. The van der Waals surface area contributed by atoms with Gasteiger partial charge in [-0.2, -0.15) is 5.10 Å². The van der Waals surface area contributed by atoms with Crippen LogP contribution in [0.2, 0.25) is 5.02 Å². The quantitative estimate of drug-likeness (QED) is 0.299. The van der Waals surface area contributed by atoms with Crippen LogP contribution in [0.5, 0.6) is 5.75 Å². The molecule has 0 aliphatic rings. The summed E-state index contributed by atoms with van der Waals surface area (Å²) in [5.74, 6) is -1.00. The zero-order chi connectivity index (χ0) is 19.9. The number of rotatable bonds is 5. The maximum Gasteiger partial charge on any atom is 0.343 e. The minimum absolute atomic E-state index is 0.294. The minimum atomic E-state index is -0.496. The van der Waals surface area contributed by atoms with Crippen molar-refractivity contribution in [3.05, 3.63) is 100 Å². The molecule has 0 aromatic heterocycles. The Kier molecular flexibility index (Phi) is 6.14. The van der Waals surface area contributed by atoms with Gasteiger partial charge in [-0.05, 0) is 78.4 Å². The number of ether oxygens (including phenoxy) is 1. The molecule has 28 heavy (non-hydrogen) atoms.